The van der Waals surface area contributed by atoms with Gasteiger partial charge in [-0.3, -0.25) is 0 Å². The Kier molecular flexibility index (Phi) is 10.7. The molecule has 0 saturated heterocycles. The summed E-state index contributed by atoms with van der Waals surface area (Å²) in [5, 5.41) is 0. The number of allylic oxidation sites excluding steroid dienone is 1. The van der Waals surface area contributed by atoms with Gasteiger partial charge in [0.1, 0.15) is 32.2 Å². The van der Waals surface area contributed by atoms with Crippen molar-refractivity contribution in [2.24, 2.45) is 0 Å². The van der Waals surface area contributed by atoms with Crippen molar-refractivity contribution >= 4 is 11.9 Å². The number of ether oxygens (including phenoxy) is 5. The van der Waals surface area contributed by atoms with E-state index in [4.69, 9.17) is 23.7 Å². The summed E-state index contributed by atoms with van der Waals surface area (Å²) < 4.78 is 41.7. The molecule has 0 heterocycles. The summed E-state index contributed by atoms with van der Waals surface area (Å²) in [6.07, 6.45) is 0. The van der Waals surface area contributed by atoms with Crippen molar-refractivity contribution in [2.45, 2.75) is 20.8 Å². The first-order valence-electron chi connectivity index (χ1n) is 11.4. The molecule has 0 radical (unpaired) electrons. The number of benzene rings is 2. The second-order valence-electron chi connectivity index (χ2n) is 8.14. The lowest BCUT2D eigenvalue weighted by molar-refractivity contribution is -0.139. The lowest BCUT2D eigenvalue weighted by atomic mass is 10.0. The fourth-order valence-corrected chi connectivity index (χ4v) is 2.72. The Bertz CT molecular complexity index is 1210. The summed E-state index contributed by atoms with van der Waals surface area (Å²) in [5.74, 6) is -0.920. The SMILES string of the molecule is C=C(C)C(=C)OCCOc1cc(-c2ccc(OC(=O)C(=C)C)c(F)c2)ccc1OCCOC(=O)C(=C)C. The van der Waals surface area contributed by atoms with Crippen LogP contribution in [0, 0.1) is 5.82 Å². The molecule has 0 aliphatic heterocycles. The zero-order valence-electron chi connectivity index (χ0n) is 21.4. The molecule has 8 heteroatoms. The number of rotatable bonds is 14. The van der Waals surface area contributed by atoms with Gasteiger partial charge in [-0.05, 0) is 61.7 Å². The molecule has 0 saturated carbocycles. The molecule has 0 aliphatic carbocycles. The van der Waals surface area contributed by atoms with Gasteiger partial charge in [0.15, 0.2) is 23.1 Å². The minimum Gasteiger partial charge on any atom is -0.490 e. The Labute approximate surface area is 216 Å². The van der Waals surface area contributed by atoms with Gasteiger partial charge in [0, 0.05) is 11.1 Å². The fourth-order valence-electron chi connectivity index (χ4n) is 2.72. The third-order valence-electron chi connectivity index (χ3n) is 4.78. The van der Waals surface area contributed by atoms with Gasteiger partial charge in [0.05, 0.1) is 0 Å². The molecule has 7 nitrogen and oxygen atoms in total. The molecule has 0 aromatic heterocycles. The van der Waals surface area contributed by atoms with Crippen LogP contribution in [0.25, 0.3) is 11.1 Å². The van der Waals surface area contributed by atoms with E-state index in [1.807, 2.05) is 0 Å². The van der Waals surface area contributed by atoms with Crippen molar-refractivity contribution in [3.8, 4) is 28.4 Å². The van der Waals surface area contributed by atoms with E-state index in [0.717, 1.165) is 0 Å². The van der Waals surface area contributed by atoms with E-state index >= 15 is 0 Å². The Morgan fingerprint density at radius 1 is 0.676 bits per heavy atom. The Morgan fingerprint density at radius 3 is 1.78 bits per heavy atom. The molecule has 0 amide bonds. The van der Waals surface area contributed by atoms with Crippen molar-refractivity contribution in [3.63, 3.8) is 0 Å². The second kappa shape index (κ2) is 13.7. The third-order valence-corrected chi connectivity index (χ3v) is 4.78. The predicted octanol–water partition coefficient (Wildman–Crippen LogP) is 5.96. The summed E-state index contributed by atoms with van der Waals surface area (Å²) in [6.45, 7) is 19.8. The molecule has 0 spiro atoms. The molecule has 0 bridgehead atoms. The molecular weight excluding hydrogens is 479 g/mol. The summed E-state index contributed by atoms with van der Waals surface area (Å²) in [5.41, 5.74) is 2.30. The van der Waals surface area contributed by atoms with Gasteiger partial charge in [0.2, 0.25) is 0 Å². The number of carbonyl (C=O) groups excluding carboxylic acids is 2. The molecule has 0 N–H and O–H groups in total. The van der Waals surface area contributed by atoms with Crippen molar-refractivity contribution in [1.82, 2.24) is 0 Å². The van der Waals surface area contributed by atoms with Crippen LogP contribution >= 0.6 is 0 Å². The number of hydrogen-bond acceptors (Lipinski definition) is 7. The maximum Gasteiger partial charge on any atom is 0.338 e. The van der Waals surface area contributed by atoms with Crippen LogP contribution in [-0.4, -0.2) is 38.4 Å². The monoisotopic (exact) mass is 510 g/mol. The van der Waals surface area contributed by atoms with Crippen LogP contribution in [0.15, 0.2) is 85.2 Å². The first-order valence-corrected chi connectivity index (χ1v) is 11.4. The largest absolute Gasteiger partial charge is 0.490 e. The van der Waals surface area contributed by atoms with Crippen LogP contribution < -0.4 is 14.2 Å². The molecule has 196 valence electrons. The van der Waals surface area contributed by atoms with Crippen molar-refractivity contribution < 1.29 is 37.7 Å². The van der Waals surface area contributed by atoms with E-state index in [1.165, 1.54) is 19.1 Å². The van der Waals surface area contributed by atoms with Crippen molar-refractivity contribution in [3.05, 3.63) is 91.0 Å². The normalized spacial score (nSPS) is 10.2. The van der Waals surface area contributed by atoms with Crippen LogP contribution in [0.3, 0.4) is 0 Å². The smallest absolute Gasteiger partial charge is 0.338 e. The third kappa shape index (κ3) is 9.00. The van der Waals surface area contributed by atoms with E-state index < -0.39 is 17.8 Å². The summed E-state index contributed by atoms with van der Waals surface area (Å²) in [7, 11) is 0. The summed E-state index contributed by atoms with van der Waals surface area (Å²) >= 11 is 0. The zero-order valence-corrected chi connectivity index (χ0v) is 21.4. The highest BCUT2D eigenvalue weighted by atomic mass is 19.1. The Balaban J connectivity index is 2.20. The van der Waals surface area contributed by atoms with Gasteiger partial charge < -0.3 is 23.7 Å². The first kappa shape index (κ1) is 28.9. The standard InChI is InChI=1S/C29H31FO7/c1-18(2)21(7)33-12-13-35-27-17-23(9-11-26(27)34-14-15-36-28(31)19(3)4)22-8-10-25(24(30)16-22)37-29(32)20(5)6/h8-11,16-17H,1,3,5,7,12-15H2,2,4,6H3. The fraction of sp³-hybridized carbons (Fsp3) is 0.241. The number of carbonyl (C=O) groups is 2. The van der Waals surface area contributed by atoms with E-state index in [0.29, 0.717) is 34.0 Å². The number of halogens is 1. The van der Waals surface area contributed by atoms with Crippen molar-refractivity contribution in [1.29, 1.82) is 0 Å². The van der Waals surface area contributed by atoms with Crippen LogP contribution in [0.4, 0.5) is 4.39 Å². The van der Waals surface area contributed by atoms with E-state index in [-0.39, 0.29) is 43.3 Å². The van der Waals surface area contributed by atoms with Gasteiger partial charge in [-0.1, -0.05) is 38.4 Å². The lowest BCUT2D eigenvalue weighted by Crippen LogP contribution is -2.13. The van der Waals surface area contributed by atoms with Gasteiger partial charge in [-0.25, -0.2) is 14.0 Å². The molecule has 2 aromatic carbocycles. The molecule has 2 rings (SSSR count). The molecule has 0 atom stereocenters. The summed E-state index contributed by atoms with van der Waals surface area (Å²) in [6, 6.07) is 9.28. The molecule has 37 heavy (non-hydrogen) atoms. The molecule has 0 unspecified atom stereocenters. The number of esters is 2. The van der Waals surface area contributed by atoms with Gasteiger partial charge in [-0.15, -0.1) is 0 Å². The molecule has 0 fully saturated rings. The van der Waals surface area contributed by atoms with E-state index in [1.54, 1.807) is 38.1 Å². The van der Waals surface area contributed by atoms with Crippen LogP contribution in [0.2, 0.25) is 0 Å². The first-order chi connectivity index (χ1) is 17.5. The summed E-state index contributed by atoms with van der Waals surface area (Å²) in [4.78, 5) is 23.3. The minimum absolute atomic E-state index is 0.0179. The van der Waals surface area contributed by atoms with Crippen molar-refractivity contribution in [2.75, 3.05) is 26.4 Å². The van der Waals surface area contributed by atoms with Gasteiger partial charge >= 0.3 is 11.9 Å². The molecular formula is C29H31FO7. The lowest BCUT2D eigenvalue weighted by Gasteiger charge is -2.16. The maximum atomic E-state index is 14.6. The van der Waals surface area contributed by atoms with Gasteiger partial charge in [-0.2, -0.15) is 0 Å². The van der Waals surface area contributed by atoms with Crippen LogP contribution in [-0.2, 0) is 19.1 Å². The van der Waals surface area contributed by atoms with Crippen LogP contribution in [0.5, 0.6) is 17.2 Å². The number of hydrogen-bond donors (Lipinski definition) is 0. The Hall–Kier alpha value is -4.33. The quantitative estimate of drug-likeness (QED) is 0.0775. The highest BCUT2D eigenvalue weighted by Gasteiger charge is 2.14. The maximum absolute atomic E-state index is 14.6. The molecule has 2 aromatic rings. The van der Waals surface area contributed by atoms with E-state index in [9.17, 15) is 14.0 Å². The average Bonchev–Trinajstić information content (AvgIpc) is 2.85. The minimum atomic E-state index is -0.714. The van der Waals surface area contributed by atoms with Gasteiger partial charge in [0.25, 0.3) is 0 Å². The topological polar surface area (TPSA) is 80.3 Å². The predicted molar refractivity (Wildman–Crippen MR) is 139 cm³/mol. The Morgan fingerprint density at radius 2 is 1.22 bits per heavy atom. The van der Waals surface area contributed by atoms with E-state index in [2.05, 4.69) is 26.3 Å². The molecule has 0 aliphatic rings. The highest BCUT2D eigenvalue weighted by molar-refractivity contribution is 5.89. The van der Waals surface area contributed by atoms with Crippen LogP contribution in [0.1, 0.15) is 20.8 Å². The highest BCUT2D eigenvalue weighted by Crippen LogP contribution is 2.34. The average molecular weight is 511 g/mol. The second-order valence-corrected chi connectivity index (χ2v) is 8.14. The zero-order chi connectivity index (χ0) is 27.5.